The molecule has 128 valence electrons. The summed E-state index contributed by atoms with van der Waals surface area (Å²) in [7, 11) is 0. The molecule has 2 fully saturated rings. The number of halogens is 1. The second-order valence-electron chi connectivity index (χ2n) is 6.83. The summed E-state index contributed by atoms with van der Waals surface area (Å²) in [5.41, 5.74) is 1.04. The molecule has 1 atom stereocenters. The average molecular weight is 330 g/mol. The maximum atomic E-state index is 13.3. The third-order valence-electron chi connectivity index (χ3n) is 5.03. The number of hydrogen-bond acceptors (Lipinski definition) is 5. The molecule has 1 aromatic heterocycles. The first-order valence-corrected chi connectivity index (χ1v) is 8.69. The molecule has 0 amide bonds. The van der Waals surface area contributed by atoms with Gasteiger partial charge < -0.3 is 0 Å². The molecule has 7 heteroatoms. The average Bonchev–Trinajstić information content (AvgIpc) is 3.32. The Bertz CT molecular complexity index is 690. The lowest BCUT2D eigenvalue weighted by Crippen LogP contribution is -2.47. The summed E-state index contributed by atoms with van der Waals surface area (Å²) in [6.45, 7) is 6.91. The number of nitrogens with zero attached hydrogens (tertiary/aromatic N) is 6. The molecular weight excluding hydrogens is 307 g/mol. The van der Waals surface area contributed by atoms with E-state index < -0.39 is 0 Å². The van der Waals surface area contributed by atoms with E-state index in [2.05, 4.69) is 32.2 Å². The summed E-state index contributed by atoms with van der Waals surface area (Å²) in [4.78, 5) is 4.81. The second kappa shape index (κ2) is 6.57. The van der Waals surface area contributed by atoms with Crippen LogP contribution in [-0.4, -0.2) is 56.2 Å². The van der Waals surface area contributed by atoms with Gasteiger partial charge in [-0.25, -0.2) is 9.07 Å². The summed E-state index contributed by atoms with van der Waals surface area (Å²) >= 11 is 0. The maximum absolute atomic E-state index is 13.3. The smallest absolute Gasteiger partial charge is 0.168 e. The maximum Gasteiger partial charge on any atom is 0.168 e. The molecule has 1 aromatic carbocycles. The standard InChI is InChI=1S/C17H23FN6/c1-13(17-19-20-21-24(17)16-5-6-16)23-9-7-22(8-10-23)12-14-3-2-4-15(18)11-14/h2-4,11,13,16H,5-10,12H2,1H3. The summed E-state index contributed by atoms with van der Waals surface area (Å²) in [6, 6.07) is 7.62. The van der Waals surface area contributed by atoms with Gasteiger partial charge in [0.25, 0.3) is 0 Å². The Labute approximate surface area is 141 Å². The predicted molar refractivity (Wildman–Crippen MR) is 87.8 cm³/mol. The van der Waals surface area contributed by atoms with Crippen molar-refractivity contribution in [2.24, 2.45) is 0 Å². The molecule has 1 aliphatic carbocycles. The molecule has 24 heavy (non-hydrogen) atoms. The van der Waals surface area contributed by atoms with Crippen molar-refractivity contribution >= 4 is 0 Å². The highest BCUT2D eigenvalue weighted by molar-refractivity contribution is 5.16. The third-order valence-corrected chi connectivity index (χ3v) is 5.03. The monoisotopic (exact) mass is 330 g/mol. The van der Waals surface area contributed by atoms with Crippen LogP contribution in [0.3, 0.4) is 0 Å². The Morgan fingerprint density at radius 3 is 2.71 bits per heavy atom. The number of piperazine rings is 1. The fourth-order valence-electron chi connectivity index (χ4n) is 3.42. The molecule has 1 saturated heterocycles. The SMILES string of the molecule is CC(c1nnnn1C1CC1)N1CCN(Cc2cccc(F)c2)CC1. The largest absolute Gasteiger partial charge is 0.297 e. The van der Waals surface area contributed by atoms with E-state index in [0.29, 0.717) is 6.04 Å². The lowest BCUT2D eigenvalue weighted by molar-refractivity contribution is 0.0928. The van der Waals surface area contributed by atoms with E-state index >= 15 is 0 Å². The van der Waals surface area contributed by atoms with Crippen LogP contribution in [0.2, 0.25) is 0 Å². The molecule has 4 rings (SSSR count). The molecule has 0 radical (unpaired) electrons. The minimum absolute atomic E-state index is 0.160. The van der Waals surface area contributed by atoms with Crippen molar-refractivity contribution in [1.82, 2.24) is 30.0 Å². The quantitative estimate of drug-likeness (QED) is 0.839. The normalized spacial score (nSPS) is 21.1. The van der Waals surface area contributed by atoms with Gasteiger partial charge in [-0.1, -0.05) is 12.1 Å². The Morgan fingerprint density at radius 2 is 2.00 bits per heavy atom. The highest BCUT2D eigenvalue weighted by atomic mass is 19.1. The lowest BCUT2D eigenvalue weighted by Gasteiger charge is -2.37. The van der Waals surface area contributed by atoms with Gasteiger partial charge >= 0.3 is 0 Å². The zero-order valence-corrected chi connectivity index (χ0v) is 14.0. The molecule has 1 saturated carbocycles. The van der Waals surface area contributed by atoms with Gasteiger partial charge in [0.1, 0.15) is 5.82 Å². The topological polar surface area (TPSA) is 50.1 Å². The van der Waals surface area contributed by atoms with E-state index in [9.17, 15) is 4.39 Å². The Kier molecular flexibility index (Phi) is 4.28. The first-order valence-electron chi connectivity index (χ1n) is 8.69. The third kappa shape index (κ3) is 3.32. The first-order chi connectivity index (χ1) is 11.7. The van der Waals surface area contributed by atoms with Crippen LogP contribution in [0.15, 0.2) is 24.3 Å². The van der Waals surface area contributed by atoms with Crippen molar-refractivity contribution in [1.29, 1.82) is 0 Å². The van der Waals surface area contributed by atoms with Crippen molar-refractivity contribution in [3.63, 3.8) is 0 Å². The lowest BCUT2D eigenvalue weighted by atomic mass is 10.1. The molecule has 1 unspecified atom stereocenters. The van der Waals surface area contributed by atoms with Crippen LogP contribution in [0.4, 0.5) is 4.39 Å². The molecule has 0 spiro atoms. The van der Waals surface area contributed by atoms with Crippen LogP contribution in [0.1, 0.15) is 43.2 Å². The van der Waals surface area contributed by atoms with Gasteiger partial charge in [0.15, 0.2) is 5.82 Å². The van der Waals surface area contributed by atoms with Gasteiger partial charge in [-0.15, -0.1) is 5.10 Å². The molecule has 6 nitrogen and oxygen atoms in total. The number of tetrazole rings is 1. The van der Waals surface area contributed by atoms with Crippen LogP contribution in [0.5, 0.6) is 0 Å². The van der Waals surface area contributed by atoms with Gasteiger partial charge in [-0.3, -0.25) is 9.80 Å². The Morgan fingerprint density at radius 1 is 1.21 bits per heavy atom. The van der Waals surface area contributed by atoms with E-state index in [1.54, 1.807) is 12.1 Å². The van der Waals surface area contributed by atoms with Crippen LogP contribution in [0, 0.1) is 5.82 Å². The minimum atomic E-state index is -0.160. The fourth-order valence-corrected chi connectivity index (χ4v) is 3.42. The Hall–Kier alpha value is -1.86. The molecule has 2 aromatic rings. The van der Waals surface area contributed by atoms with Crippen LogP contribution < -0.4 is 0 Å². The minimum Gasteiger partial charge on any atom is -0.297 e. The van der Waals surface area contributed by atoms with Crippen LogP contribution in [0.25, 0.3) is 0 Å². The summed E-state index contributed by atoms with van der Waals surface area (Å²) < 4.78 is 15.3. The van der Waals surface area contributed by atoms with Crippen LogP contribution >= 0.6 is 0 Å². The van der Waals surface area contributed by atoms with Crippen molar-refractivity contribution in [3.05, 3.63) is 41.5 Å². The number of benzene rings is 1. The predicted octanol–water partition coefficient (Wildman–Crippen LogP) is 2.03. The van der Waals surface area contributed by atoms with Crippen molar-refractivity contribution in [3.8, 4) is 0 Å². The highest BCUT2D eigenvalue weighted by Crippen LogP contribution is 2.36. The zero-order chi connectivity index (χ0) is 16.5. The number of rotatable bonds is 5. The van der Waals surface area contributed by atoms with E-state index in [1.165, 1.54) is 18.9 Å². The Balaban J connectivity index is 1.34. The van der Waals surface area contributed by atoms with Gasteiger partial charge in [0, 0.05) is 32.7 Å². The summed E-state index contributed by atoms with van der Waals surface area (Å²) in [5, 5.41) is 12.3. The molecule has 0 bridgehead atoms. The number of hydrogen-bond donors (Lipinski definition) is 0. The van der Waals surface area contributed by atoms with Crippen molar-refractivity contribution in [2.75, 3.05) is 26.2 Å². The molecule has 2 heterocycles. The van der Waals surface area contributed by atoms with E-state index in [4.69, 9.17) is 0 Å². The molecule has 0 N–H and O–H groups in total. The van der Waals surface area contributed by atoms with Crippen molar-refractivity contribution in [2.45, 2.75) is 38.4 Å². The zero-order valence-electron chi connectivity index (χ0n) is 14.0. The van der Waals surface area contributed by atoms with Crippen LogP contribution in [-0.2, 0) is 6.54 Å². The number of aromatic nitrogens is 4. The fraction of sp³-hybridized carbons (Fsp3) is 0.588. The van der Waals surface area contributed by atoms with Gasteiger partial charge in [0.05, 0.1) is 12.1 Å². The van der Waals surface area contributed by atoms with Gasteiger partial charge in [-0.05, 0) is 47.9 Å². The molecule has 1 aliphatic heterocycles. The van der Waals surface area contributed by atoms with E-state index in [0.717, 1.165) is 44.1 Å². The molecular formula is C17H23FN6. The molecule has 2 aliphatic rings. The summed E-state index contributed by atoms with van der Waals surface area (Å²) in [5.74, 6) is 0.822. The van der Waals surface area contributed by atoms with E-state index in [1.807, 2.05) is 10.7 Å². The van der Waals surface area contributed by atoms with Gasteiger partial charge in [-0.2, -0.15) is 0 Å². The second-order valence-corrected chi connectivity index (χ2v) is 6.83. The van der Waals surface area contributed by atoms with Gasteiger partial charge in [0.2, 0.25) is 0 Å². The summed E-state index contributed by atoms with van der Waals surface area (Å²) in [6.07, 6.45) is 2.37. The van der Waals surface area contributed by atoms with Crippen molar-refractivity contribution < 1.29 is 4.39 Å². The first kappa shape index (κ1) is 15.7. The van der Waals surface area contributed by atoms with E-state index in [-0.39, 0.29) is 11.9 Å². The highest BCUT2D eigenvalue weighted by Gasteiger charge is 2.32.